The first-order valence-electron chi connectivity index (χ1n) is 6.19. The second-order valence-corrected chi connectivity index (χ2v) is 5.14. The lowest BCUT2D eigenvalue weighted by Gasteiger charge is -2.24. The van der Waals surface area contributed by atoms with E-state index in [9.17, 15) is 4.79 Å². The second-order valence-electron chi connectivity index (χ2n) is 5.14. The average molecular weight is 249 g/mol. The Morgan fingerprint density at radius 2 is 1.89 bits per heavy atom. The van der Waals surface area contributed by atoms with Crippen molar-refractivity contribution in [1.29, 1.82) is 0 Å². The third kappa shape index (κ3) is 4.04. The maximum absolute atomic E-state index is 11.1. The van der Waals surface area contributed by atoms with Crippen LogP contribution in [0.5, 0.6) is 0 Å². The van der Waals surface area contributed by atoms with E-state index in [0.717, 1.165) is 13.0 Å². The molecule has 0 radical (unpaired) electrons. The van der Waals surface area contributed by atoms with Gasteiger partial charge in [-0.15, -0.1) is 0 Å². The molecule has 1 rings (SSSR count). The summed E-state index contributed by atoms with van der Waals surface area (Å²) in [6.45, 7) is 4.60. The quantitative estimate of drug-likeness (QED) is 0.800. The summed E-state index contributed by atoms with van der Waals surface area (Å²) in [6.07, 6.45) is 1.43. The van der Waals surface area contributed by atoms with E-state index in [1.54, 1.807) is 6.92 Å². The molecule has 0 aliphatic heterocycles. The number of amides is 1. The van der Waals surface area contributed by atoms with E-state index in [4.69, 9.17) is 11.5 Å². The lowest BCUT2D eigenvalue weighted by Crippen LogP contribution is -2.49. The lowest BCUT2D eigenvalue weighted by atomic mass is 9.96. The summed E-state index contributed by atoms with van der Waals surface area (Å²) >= 11 is 0. The average Bonchev–Trinajstić information content (AvgIpc) is 2.29. The number of carbonyl (C=O) groups is 1. The number of hydrogen-bond donors (Lipinski definition) is 2. The van der Waals surface area contributed by atoms with Gasteiger partial charge in [0.05, 0.1) is 5.54 Å². The summed E-state index contributed by atoms with van der Waals surface area (Å²) in [5.74, 6) is -0.444. The number of nitrogens with zero attached hydrogens (tertiary/aromatic N) is 1. The molecular weight excluding hydrogens is 226 g/mol. The number of carbonyl (C=O) groups excluding carboxylic acids is 1. The highest BCUT2D eigenvalue weighted by Crippen LogP contribution is 2.15. The zero-order valence-corrected chi connectivity index (χ0v) is 11.4. The van der Waals surface area contributed by atoms with E-state index in [0.29, 0.717) is 6.42 Å². The van der Waals surface area contributed by atoms with Crippen LogP contribution in [0.15, 0.2) is 24.3 Å². The highest BCUT2D eigenvalue weighted by molar-refractivity contribution is 5.83. The number of hydrogen-bond acceptors (Lipinski definition) is 3. The van der Waals surface area contributed by atoms with Gasteiger partial charge >= 0.3 is 0 Å². The van der Waals surface area contributed by atoms with Gasteiger partial charge in [0.15, 0.2) is 0 Å². The Labute approximate surface area is 109 Å². The Bertz CT molecular complexity index is 398. The molecule has 1 unspecified atom stereocenters. The van der Waals surface area contributed by atoms with Crippen molar-refractivity contribution >= 4 is 11.6 Å². The molecule has 1 aromatic rings. The summed E-state index contributed by atoms with van der Waals surface area (Å²) in [7, 11) is 2.03. The Hall–Kier alpha value is -1.55. The number of nitrogens with two attached hydrogens (primary N) is 2. The standard InChI is InChI=1S/C14H23N3O/c1-11-5-7-12(8-6-11)17(3)10-4-9-14(2,16)13(15)18/h5-8H,4,9-10,16H2,1-3H3,(H2,15,18). The number of rotatable bonds is 6. The predicted molar refractivity (Wildman–Crippen MR) is 75.5 cm³/mol. The van der Waals surface area contributed by atoms with Crippen molar-refractivity contribution in [3.05, 3.63) is 29.8 Å². The largest absolute Gasteiger partial charge is 0.375 e. The molecule has 1 atom stereocenters. The maximum atomic E-state index is 11.1. The van der Waals surface area contributed by atoms with E-state index in [1.165, 1.54) is 11.3 Å². The minimum Gasteiger partial charge on any atom is -0.375 e. The molecule has 4 N–H and O–H groups in total. The van der Waals surface area contributed by atoms with E-state index in [1.807, 2.05) is 7.05 Å². The minimum absolute atomic E-state index is 0.444. The van der Waals surface area contributed by atoms with Gasteiger partial charge in [0.2, 0.25) is 5.91 Å². The van der Waals surface area contributed by atoms with Gasteiger partial charge in [0.25, 0.3) is 0 Å². The first-order chi connectivity index (χ1) is 8.33. The SMILES string of the molecule is Cc1ccc(N(C)CCCC(C)(N)C(N)=O)cc1. The lowest BCUT2D eigenvalue weighted by molar-refractivity contribution is -0.122. The smallest absolute Gasteiger partial charge is 0.237 e. The maximum Gasteiger partial charge on any atom is 0.237 e. The van der Waals surface area contributed by atoms with Crippen LogP contribution in [0.3, 0.4) is 0 Å². The molecule has 0 fully saturated rings. The minimum atomic E-state index is -0.909. The fourth-order valence-electron chi connectivity index (χ4n) is 1.73. The van der Waals surface area contributed by atoms with E-state index in [-0.39, 0.29) is 0 Å². The van der Waals surface area contributed by atoms with Gasteiger partial charge in [-0.05, 0) is 38.8 Å². The molecular formula is C14H23N3O. The number of primary amides is 1. The molecule has 100 valence electrons. The van der Waals surface area contributed by atoms with Crippen molar-refractivity contribution in [3.63, 3.8) is 0 Å². The summed E-state index contributed by atoms with van der Waals surface area (Å²) < 4.78 is 0. The molecule has 18 heavy (non-hydrogen) atoms. The third-order valence-corrected chi connectivity index (χ3v) is 3.23. The van der Waals surface area contributed by atoms with Crippen LogP contribution < -0.4 is 16.4 Å². The normalized spacial score (nSPS) is 14.0. The predicted octanol–water partition coefficient (Wildman–Crippen LogP) is 1.41. The summed E-state index contributed by atoms with van der Waals surface area (Å²) in [6, 6.07) is 8.35. The van der Waals surface area contributed by atoms with Crippen LogP contribution >= 0.6 is 0 Å². The summed E-state index contributed by atoms with van der Waals surface area (Å²) in [5, 5.41) is 0. The Morgan fingerprint density at radius 3 is 2.39 bits per heavy atom. The van der Waals surface area contributed by atoms with Crippen molar-refractivity contribution < 1.29 is 4.79 Å². The van der Waals surface area contributed by atoms with Crippen molar-refractivity contribution in [2.75, 3.05) is 18.5 Å². The molecule has 0 aliphatic rings. The highest BCUT2D eigenvalue weighted by atomic mass is 16.1. The van der Waals surface area contributed by atoms with Gasteiger partial charge in [-0.2, -0.15) is 0 Å². The van der Waals surface area contributed by atoms with Gasteiger partial charge in [0.1, 0.15) is 0 Å². The van der Waals surface area contributed by atoms with Gasteiger partial charge in [-0.25, -0.2) is 0 Å². The Morgan fingerprint density at radius 1 is 1.33 bits per heavy atom. The zero-order valence-electron chi connectivity index (χ0n) is 11.4. The van der Waals surface area contributed by atoms with E-state index < -0.39 is 11.4 Å². The molecule has 4 nitrogen and oxygen atoms in total. The molecule has 0 saturated heterocycles. The van der Waals surface area contributed by atoms with Crippen LogP contribution in [0.4, 0.5) is 5.69 Å². The topological polar surface area (TPSA) is 72.3 Å². The Balaban J connectivity index is 2.45. The monoisotopic (exact) mass is 249 g/mol. The van der Waals surface area contributed by atoms with Crippen LogP contribution in [0.1, 0.15) is 25.3 Å². The van der Waals surface area contributed by atoms with Crippen LogP contribution in [-0.2, 0) is 4.79 Å². The number of benzene rings is 1. The van der Waals surface area contributed by atoms with Crippen LogP contribution in [-0.4, -0.2) is 25.0 Å². The van der Waals surface area contributed by atoms with Crippen LogP contribution in [0.2, 0.25) is 0 Å². The van der Waals surface area contributed by atoms with Crippen molar-refractivity contribution in [3.8, 4) is 0 Å². The first kappa shape index (κ1) is 14.5. The molecule has 1 amide bonds. The molecule has 1 aromatic carbocycles. The van der Waals surface area contributed by atoms with Gasteiger partial charge < -0.3 is 16.4 Å². The van der Waals surface area contributed by atoms with Crippen molar-refractivity contribution in [2.45, 2.75) is 32.2 Å². The fourth-order valence-corrected chi connectivity index (χ4v) is 1.73. The van der Waals surface area contributed by atoms with E-state index in [2.05, 4.69) is 36.1 Å². The molecule has 0 aliphatic carbocycles. The van der Waals surface area contributed by atoms with Crippen molar-refractivity contribution in [1.82, 2.24) is 0 Å². The summed E-state index contributed by atoms with van der Waals surface area (Å²) in [5.41, 5.74) is 12.6. The zero-order chi connectivity index (χ0) is 13.8. The van der Waals surface area contributed by atoms with Crippen molar-refractivity contribution in [2.24, 2.45) is 11.5 Å². The molecule has 0 spiro atoms. The molecule has 4 heteroatoms. The molecule has 0 aromatic heterocycles. The van der Waals surface area contributed by atoms with Crippen LogP contribution in [0.25, 0.3) is 0 Å². The molecule has 0 heterocycles. The molecule has 0 bridgehead atoms. The molecule has 0 saturated carbocycles. The third-order valence-electron chi connectivity index (χ3n) is 3.23. The number of anilines is 1. The highest BCUT2D eigenvalue weighted by Gasteiger charge is 2.24. The number of aryl methyl sites for hydroxylation is 1. The summed E-state index contributed by atoms with van der Waals surface area (Å²) in [4.78, 5) is 13.2. The van der Waals surface area contributed by atoms with Gasteiger partial charge in [0, 0.05) is 19.3 Å². The van der Waals surface area contributed by atoms with Gasteiger partial charge in [-0.1, -0.05) is 17.7 Å². The van der Waals surface area contributed by atoms with Crippen LogP contribution in [0, 0.1) is 6.92 Å². The fraction of sp³-hybridized carbons (Fsp3) is 0.500. The van der Waals surface area contributed by atoms with E-state index >= 15 is 0 Å². The second kappa shape index (κ2) is 5.87. The van der Waals surface area contributed by atoms with Gasteiger partial charge in [-0.3, -0.25) is 4.79 Å². The Kier molecular flexibility index (Phi) is 4.73. The first-order valence-corrected chi connectivity index (χ1v) is 6.19.